The molecular weight excluding hydrogens is 434 g/mol. The maximum absolute atomic E-state index is 10.3. The Kier molecular flexibility index (Phi) is 5.62. The first-order valence-corrected chi connectivity index (χ1v) is 12.1. The Labute approximate surface area is 211 Å². The highest BCUT2D eigenvalue weighted by Crippen LogP contribution is 2.38. The zero-order valence-electron chi connectivity index (χ0n) is 19.7. The van der Waals surface area contributed by atoms with Crippen molar-refractivity contribution in [1.29, 1.82) is 5.26 Å². The molecule has 0 aliphatic rings. The Morgan fingerprint density at radius 2 is 0.944 bits per heavy atom. The molecule has 0 fully saturated rings. The van der Waals surface area contributed by atoms with Crippen LogP contribution in [0.25, 0.3) is 43.8 Å². The van der Waals surface area contributed by atoms with Gasteiger partial charge in [-0.3, -0.25) is 0 Å². The summed E-state index contributed by atoms with van der Waals surface area (Å²) in [7, 11) is 0. The van der Waals surface area contributed by atoms with Crippen LogP contribution in [0.1, 0.15) is 16.7 Å². The van der Waals surface area contributed by atoms with Crippen molar-refractivity contribution in [2.45, 2.75) is 0 Å². The van der Waals surface area contributed by atoms with Crippen LogP contribution in [0.5, 0.6) is 0 Å². The third kappa shape index (κ3) is 3.86. The first-order chi connectivity index (χ1) is 17.8. The van der Waals surface area contributed by atoms with Gasteiger partial charge < -0.3 is 0 Å². The monoisotopic (exact) mass is 457 g/mol. The van der Waals surface area contributed by atoms with Gasteiger partial charge in [-0.1, -0.05) is 133 Å². The van der Waals surface area contributed by atoms with Crippen molar-refractivity contribution >= 4 is 32.7 Å². The summed E-state index contributed by atoms with van der Waals surface area (Å²) in [5.74, 6) is 0. The minimum absolute atomic E-state index is 0.668. The number of benzene rings is 6. The van der Waals surface area contributed by atoms with Gasteiger partial charge in [0.1, 0.15) is 6.07 Å². The van der Waals surface area contributed by atoms with Crippen LogP contribution >= 0.6 is 0 Å². The largest absolute Gasteiger partial charge is 0.192 e. The van der Waals surface area contributed by atoms with Gasteiger partial charge in [0.2, 0.25) is 0 Å². The fourth-order valence-electron chi connectivity index (χ4n) is 5.06. The lowest BCUT2D eigenvalue weighted by Gasteiger charge is -2.14. The molecule has 168 valence electrons. The van der Waals surface area contributed by atoms with Gasteiger partial charge in [0, 0.05) is 5.57 Å². The van der Waals surface area contributed by atoms with E-state index in [0.29, 0.717) is 5.57 Å². The standard InChI is InChI=1S/C35H23N/c36-24-33(34(26-11-3-1-4-12-26)27-13-5-2-6-14-27)25-19-21-28(22-20-25)35-31-17-9-7-15-29(31)23-30-16-8-10-18-32(30)35/h1-23H. The summed E-state index contributed by atoms with van der Waals surface area (Å²) in [5, 5.41) is 15.2. The molecule has 0 radical (unpaired) electrons. The minimum atomic E-state index is 0.668. The van der Waals surface area contributed by atoms with Crippen LogP contribution in [0, 0.1) is 11.3 Å². The molecule has 0 bridgehead atoms. The second-order valence-electron chi connectivity index (χ2n) is 8.87. The van der Waals surface area contributed by atoms with Crippen molar-refractivity contribution < 1.29 is 0 Å². The van der Waals surface area contributed by atoms with E-state index in [1.807, 2.05) is 36.4 Å². The molecule has 6 aromatic carbocycles. The van der Waals surface area contributed by atoms with Crippen LogP contribution in [0.2, 0.25) is 0 Å². The molecule has 0 aromatic heterocycles. The van der Waals surface area contributed by atoms with Crippen LogP contribution in [0.15, 0.2) is 140 Å². The molecule has 36 heavy (non-hydrogen) atoms. The van der Waals surface area contributed by atoms with Crippen molar-refractivity contribution in [3.63, 3.8) is 0 Å². The highest BCUT2D eigenvalue weighted by Gasteiger charge is 2.15. The highest BCUT2D eigenvalue weighted by molar-refractivity contribution is 6.13. The molecule has 0 spiro atoms. The number of fused-ring (bicyclic) bond motifs is 2. The van der Waals surface area contributed by atoms with Crippen molar-refractivity contribution in [2.24, 2.45) is 0 Å². The van der Waals surface area contributed by atoms with Crippen LogP contribution in [0.3, 0.4) is 0 Å². The Balaban J connectivity index is 1.55. The van der Waals surface area contributed by atoms with Crippen LogP contribution < -0.4 is 0 Å². The summed E-state index contributed by atoms with van der Waals surface area (Å²) < 4.78 is 0. The average molecular weight is 458 g/mol. The second-order valence-corrected chi connectivity index (χ2v) is 8.87. The van der Waals surface area contributed by atoms with Gasteiger partial charge in [-0.05, 0) is 55.4 Å². The third-order valence-corrected chi connectivity index (χ3v) is 6.72. The van der Waals surface area contributed by atoms with Gasteiger partial charge in [-0.15, -0.1) is 0 Å². The molecule has 0 saturated carbocycles. The molecule has 0 unspecified atom stereocenters. The molecule has 0 aliphatic carbocycles. The quantitative estimate of drug-likeness (QED) is 0.147. The minimum Gasteiger partial charge on any atom is -0.192 e. The lowest BCUT2D eigenvalue weighted by Crippen LogP contribution is -1.94. The zero-order valence-corrected chi connectivity index (χ0v) is 19.7. The van der Waals surface area contributed by atoms with Crippen molar-refractivity contribution in [3.05, 3.63) is 156 Å². The van der Waals surface area contributed by atoms with E-state index in [0.717, 1.165) is 27.8 Å². The average Bonchev–Trinajstić information content (AvgIpc) is 2.95. The lowest BCUT2D eigenvalue weighted by molar-refractivity contribution is 1.50. The SMILES string of the molecule is N#CC(=C(c1ccccc1)c1ccccc1)c1ccc(-c2c3ccccc3cc3ccccc23)cc1. The number of rotatable bonds is 4. The van der Waals surface area contributed by atoms with E-state index in [4.69, 9.17) is 0 Å². The van der Waals surface area contributed by atoms with Crippen LogP contribution in [0.4, 0.5) is 0 Å². The number of hydrogen-bond acceptors (Lipinski definition) is 1. The van der Waals surface area contributed by atoms with E-state index in [1.54, 1.807) is 0 Å². The summed E-state index contributed by atoms with van der Waals surface area (Å²) in [6, 6.07) is 50.6. The molecular formula is C35H23N. The third-order valence-electron chi connectivity index (χ3n) is 6.72. The summed E-state index contributed by atoms with van der Waals surface area (Å²) in [6.45, 7) is 0. The molecule has 0 atom stereocenters. The van der Waals surface area contributed by atoms with E-state index in [2.05, 4.69) is 109 Å². The van der Waals surface area contributed by atoms with Crippen molar-refractivity contribution in [1.82, 2.24) is 0 Å². The summed E-state index contributed by atoms with van der Waals surface area (Å²) in [5.41, 5.74) is 6.96. The molecule has 1 heteroatoms. The number of hydrogen-bond donors (Lipinski definition) is 0. The summed E-state index contributed by atoms with van der Waals surface area (Å²) in [6.07, 6.45) is 0. The lowest BCUT2D eigenvalue weighted by atomic mass is 9.88. The van der Waals surface area contributed by atoms with E-state index in [-0.39, 0.29) is 0 Å². The number of nitrogens with zero attached hydrogens (tertiary/aromatic N) is 1. The zero-order chi connectivity index (χ0) is 24.3. The maximum atomic E-state index is 10.3. The topological polar surface area (TPSA) is 23.8 Å². The Morgan fingerprint density at radius 3 is 1.44 bits per heavy atom. The Hall–Kier alpha value is -4.93. The van der Waals surface area contributed by atoms with E-state index < -0.39 is 0 Å². The van der Waals surface area contributed by atoms with Crippen molar-refractivity contribution in [2.75, 3.05) is 0 Å². The molecule has 6 aromatic rings. The van der Waals surface area contributed by atoms with Crippen molar-refractivity contribution in [3.8, 4) is 17.2 Å². The molecule has 0 saturated heterocycles. The second kappa shape index (κ2) is 9.37. The Morgan fingerprint density at radius 1 is 0.472 bits per heavy atom. The van der Waals surface area contributed by atoms with Gasteiger partial charge in [0.05, 0.1) is 5.57 Å². The highest BCUT2D eigenvalue weighted by atomic mass is 14.3. The van der Waals surface area contributed by atoms with Crippen LogP contribution in [-0.2, 0) is 0 Å². The predicted molar refractivity (Wildman–Crippen MR) is 151 cm³/mol. The van der Waals surface area contributed by atoms with E-state index >= 15 is 0 Å². The molecule has 1 nitrogen and oxygen atoms in total. The first-order valence-electron chi connectivity index (χ1n) is 12.1. The van der Waals surface area contributed by atoms with E-state index in [9.17, 15) is 5.26 Å². The van der Waals surface area contributed by atoms with Gasteiger partial charge >= 0.3 is 0 Å². The summed E-state index contributed by atoms with van der Waals surface area (Å²) >= 11 is 0. The normalized spacial score (nSPS) is 10.8. The van der Waals surface area contributed by atoms with Gasteiger partial charge in [-0.25, -0.2) is 0 Å². The number of allylic oxidation sites excluding steroid dienone is 1. The fourth-order valence-corrected chi connectivity index (χ4v) is 5.06. The van der Waals surface area contributed by atoms with E-state index in [1.165, 1.54) is 27.1 Å². The molecule has 0 heterocycles. The molecule has 0 aliphatic heterocycles. The number of nitriles is 1. The fraction of sp³-hybridized carbons (Fsp3) is 0. The molecule has 6 rings (SSSR count). The Bertz CT molecular complexity index is 1660. The summed E-state index contributed by atoms with van der Waals surface area (Å²) in [4.78, 5) is 0. The van der Waals surface area contributed by atoms with Gasteiger partial charge in [0.15, 0.2) is 0 Å². The smallest absolute Gasteiger partial charge is 0.100 e. The first kappa shape index (κ1) is 21.6. The predicted octanol–water partition coefficient (Wildman–Crippen LogP) is 9.14. The van der Waals surface area contributed by atoms with Crippen LogP contribution in [-0.4, -0.2) is 0 Å². The molecule has 0 N–H and O–H groups in total. The molecule has 0 amide bonds. The van der Waals surface area contributed by atoms with Gasteiger partial charge in [-0.2, -0.15) is 5.26 Å². The van der Waals surface area contributed by atoms with Gasteiger partial charge in [0.25, 0.3) is 0 Å². The maximum Gasteiger partial charge on any atom is 0.100 e.